The fraction of sp³-hybridized carbons (Fsp3) is 0.588. The fourth-order valence-corrected chi connectivity index (χ4v) is 3.44. The summed E-state index contributed by atoms with van der Waals surface area (Å²) in [5.41, 5.74) is 2.12. The Balaban J connectivity index is 1.59. The van der Waals surface area contributed by atoms with Gasteiger partial charge in [0.25, 0.3) is 0 Å². The van der Waals surface area contributed by atoms with Gasteiger partial charge in [0.1, 0.15) is 5.82 Å². The van der Waals surface area contributed by atoms with Crippen LogP contribution in [0.25, 0.3) is 0 Å². The summed E-state index contributed by atoms with van der Waals surface area (Å²) in [4.78, 5) is 18.8. The highest BCUT2D eigenvalue weighted by Crippen LogP contribution is 2.23. The molecule has 0 radical (unpaired) electrons. The normalized spacial score (nSPS) is 18.4. The molecule has 6 heteroatoms. The second-order valence-electron chi connectivity index (χ2n) is 6.42. The van der Waals surface area contributed by atoms with Crippen molar-refractivity contribution in [3.63, 3.8) is 0 Å². The molecule has 2 aromatic heterocycles. The number of rotatable bonds is 4. The van der Waals surface area contributed by atoms with E-state index in [1.54, 1.807) is 0 Å². The Kier molecular flexibility index (Phi) is 4.50. The maximum Gasteiger partial charge on any atom is 0.224 e. The minimum atomic E-state index is 0.222. The number of piperidine rings is 1. The molecule has 1 fully saturated rings. The van der Waals surface area contributed by atoms with Crippen molar-refractivity contribution in [2.45, 2.75) is 52.6 Å². The Morgan fingerprint density at radius 2 is 2.17 bits per heavy atom. The number of hydrogen-bond donors (Lipinski definition) is 0. The van der Waals surface area contributed by atoms with Gasteiger partial charge < -0.3 is 9.47 Å². The van der Waals surface area contributed by atoms with Crippen LogP contribution < -0.4 is 0 Å². The number of nitrogens with zero attached hydrogens (tertiary/aromatic N) is 5. The van der Waals surface area contributed by atoms with Crippen LogP contribution in [-0.2, 0) is 11.3 Å². The summed E-state index contributed by atoms with van der Waals surface area (Å²) >= 11 is 0. The topological polar surface area (TPSA) is 56.0 Å². The third kappa shape index (κ3) is 3.46. The maximum atomic E-state index is 12.5. The van der Waals surface area contributed by atoms with Crippen molar-refractivity contribution < 1.29 is 4.79 Å². The van der Waals surface area contributed by atoms with Crippen LogP contribution >= 0.6 is 0 Å². The van der Waals surface area contributed by atoms with Crippen molar-refractivity contribution in [1.29, 1.82) is 0 Å². The molecule has 0 saturated carbocycles. The van der Waals surface area contributed by atoms with E-state index in [9.17, 15) is 4.79 Å². The molecule has 2 aromatic rings. The molecule has 3 rings (SSSR count). The standard InChI is InChI=1S/C17H25N5O/c1-13-11-14(2)22(19-13)9-6-17(23)20-8-4-5-16(12-20)21-10-7-18-15(21)3/h7,10-11,16H,4-6,8-9,12H2,1-3H3/t16-/m1/s1. The zero-order valence-electron chi connectivity index (χ0n) is 14.2. The predicted octanol–water partition coefficient (Wildman–Crippen LogP) is 2.26. The number of carbonyl (C=O) groups is 1. The van der Waals surface area contributed by atoms with Gasteiger partial charge >= 0.3 is 0 Å². The van der Waals surface area contributed by atoms with Crippen molar-refractivity contribution in [1.82, 2.24) is 24.2 Å². The Morgan fingerprint density at radius 1 is 1.35 bits per heavy atom. The summed E-state index contributed by atoms with van der Waals surface area (Å²) in [6.45, 7) is 8.33. The van der Waals surface area contributed by atoms with Gasteiger partial charge in [-0.15, -0.1) is 0 Å². The zero-order chi connectivity index (χ0) is 16.4. The van der Waals surface area contributed by atoms with E-state index in [4.69, 9.17) is 0 Å². The highest BCUT2D eigenvalue weighted by molar-refractivity contribution is 5.76. The quantitative estimate of drug-likeness (QED) is 0.869. The summed E-state index contributed by atoms with van der Waals surface area (Å²) in [5.74, 6) is 1.24. The lowest BCUT2D eigenvalue weighted by Gasteiger charge is -2.34. The average molecular weight is 315 g/mol. The molecular weight excluding hydrogens is 290 g/mol. The summed E-state index contributed by atoms with van der Waals surface area (Å²) in [6, 6.07) is 2.40. The van der Waals surface area contributed by atoms with Crippen molar-refractivity contribution >= 4 is 5.91 Å². The lowest BCUT2D eigenvalue weighted by atomic mass is 10.0. The number of carbonyl (C=O) groups excluding carboxylic acids is 1. The number of amides is 1. The van der Waals surface area contributed by atoms with E-state index in [0.717, 1.165) is 43.1 Å². The second kappa shape index (κ2) is 6.56. The molecule has 1 atom stereocenters. The van der Waals surface area contributed by atoms with Crippen LogP contribution in [0.2, 0.25) is 0 Å². The van der Waals surface area contributed by atoms with Gasteiger partial charge in [0, 0.05) is 44.1 Å². The van der Waals surface area contributed by atoms with Crippen LogP contribution in [0.1, 0.15) is 42.5 Å². The molecule has 6 nitrogen and oxygen atoms in total. The highest BCUT2D eigenvalue weighted by atomic mass is 16.2. The molecule has 0 spiro atoms. The van der Waals surface area contributed by atoms with E-state index in [1.165, 1.54) is 0 Å². The van der Waals surface area contributed by atoms with Crippen molar-refractivity contribution in [3.05, 3.63) is 35.7 Å². The van der Waals surface area contributed by atoms with E-state index in [1.807, 2.05) is 48.8 Å². The molecule has 1 aliphatic rings. The van der Waals surface area contributed by atoms with Gasteiger partial charge in [-0.1, -0.05) is 0 Å². The smallest absolute Gasteiger partial charge is 0.224 e. The lowest BCUT2D eigenvalue weighted by Crippen LogP contribution is -2.41. The molecule has 1 saturated heterocycles. The van der Waals surface area contributed by atoms with Gasteiger partial charge in [0.05, 0.1) is 11.7 Å². The molecule has 1 amide bonds. The van der Waals surface area contributed by atoms with Gasteiger partial charge in [-0.3, -0.25) is 9.48 Å². The third-order valence-electron chi connectivity index (χ3n) is 4.65. The first-order valence-electron chi connectivity index (χ1n) is 8.33. The van der Waals surface area contributed by atoms with Gasteiger partial charge in [-0.05, 0) is 39.7 Å². The van der Waals surface area contributed by atoms with E-state index in [-0.39, 0.29) is 5.91 Å². The summed E-state index contributed by atoms with van der Waals surface area (Å²) in [5, 5.41) is 4.43. The zero-order valence-corrected chi connectivity index (χ0v) is 14.2. The number of imidazole rings is 1. The van der Waals surface area contributed by atoms with Crippen LogP contribution in [0, 0.1) is 20.8 Å². The predicted molar refractivity (Wildman–Crippen MR) is 88.1 cm³/mol. The van der Waals surface area contributed by atoms with Gasteiger partial charge in [0.2, 0.25) is 5.91 Å². The van der Waals surface area contributed by atoms with Crippen LogP contribution in [0.5, 0.6) is 0 Å². The minimum Gasteiger partial charge on any atom is -0.341 e. The number of likely N-dealkylation sites (tertiary alicyclic amines) is 1. The maximum absolute atomic E-state index is 12.5. The Labute approximate surface area is 137 Å². The van der Waals surface area contributed by atoms with E-state index >= 15 is 0 Å². The summed E-state index contributed by atoms with van der Waals surface area (Å²) in [7, 11) is 0. The number of hydrogen-bond acceptors (Lipinski definition) is 3. The molecular formula is C17H25N5O. The number of aryl methyl sites for hydroxylation is 4. The second-order valence-corrected chi connectivity index (χ2v) is 6.42. The van der Waals surface area contributed by atoms with Crippen LogP contribution in [0.4, 0.5) is 0 Å². The number of aromatic nitrogens is 4. The first-order chi connectivity index (χ1) is 11.0. The molecule has 23 heavy (non-hydrogen) atoms. The monoisotopic (exact) mass is 315 g/mol. The highest BCUT2D eigenvalue weighted by Gasteiger charge is 2.25. The first-order valence-corrected chi connectivity index (χ1v) is 8.33. The van der Waals surface area contributed by atoms with Crippen LogP contribution in [-0.4, -0.2) is 43.2 Å². The van der Waals surface area contributed by atoms with Crippen molar-refractivity contribution in [3.8, 4) is 0 Å². The van der Waals surface area contributed by atoms with Crippen LogP contribution in [0.15, 0.2) is 18.5 Å². The molecule has 1 aliphatic heterocycles. The summed E-state index contributed by atoms with van der Waals surface area (Å²) < 4.78 is 4.12. The Hall–Kier alpha value is -2.11. The van der Waals surface area contributed by atoms with Gasteiger partial charge in [-0.2, -0.15) is 5.10 Å². The van der Waals surface area contributed by atoms with Gasteiger partial charge in [0.15, 0.2) is 0 Å². The third-order valence-corrected chi connectivity index (χ3v) is 4.65. The fourth-order valence-electron chi connectivity index (χ4n) is 3.44. The van der Waals surface area contributed by atoms with E-state index < -0.39 is 0 Å². The molecule has 0 N–H and O–H groups in total. The molecule has 0 aromatic carbocycles. The molecule has 0 unspecified atom stereocenters. The Bertz CT molecular complexity index is 687. The van der Waals surface area contributed by atoms with E-state index in [0.29, 0.717) is 19.0 Å². The lowest BCUT2D eigenvalue weighted by molar-refractivity contribution is -0.133. The molecule has 0 aliphatic carbocycles. The van der Waals surface area contributed by atoms with Crippen molar-refractivity contribution in [2.24, 2.45) is 0 Å². The van der Waals surface area contributed by atoms with Gasteiger partial charge in [-0.25, -0.2) is 4.98 Å². The molecule has 3 heterocycles. The molecule has 124 valence electrons. The first kappa shape index (κ1) is 15.8. The van der Waals surface area contributed by atoms with Crippen molar-refractivity contribution in [2.75, 3.05) is 13.1 Å². The SMILES string of the molecule is Cc1cc(C)n(CCC(=O)N2CCC[C@@H](n3ccnc3C)C2)n1. The Morgan fingerprint density at radius 3 is 2.83 bits per heavy atom. The minimum absolute atomic E-state index is 0.222. The average Bonchev–Trinajstić information content (AvgIpc) is 3.10. The van der Waals surface area contributed by atoms with Crippen LogP contribution in [0.3, 0.4) is 0 Å². The largest absolute Gasteiger partial charge is 0.341 e. The molecule has 0 bridgehead atoms. The summed E-state index contributed by atoms with van der Waals surface area (Å²) in [6.07, 6.45) is 6.52. The van der Waals surface area contributed by atoms with E-state index in [2.05, 4.69) is 14.6 Å².